The van der Waals surface area contributed by atoms with Crippen molar-refractivity contribution in [3.05, 3.63) is 68.9 Å². The van der Waals surface area contributed by atoms with Gasteiger partial charge >= 0.3 is 11.7 Å². The van der Waals surface area contributed by atoms with E-state index in [4.69, 9.17) is 4.74 Å². The maximum absolute atomic E-state index is 13.1. The molecular weight excluding hydrogens is 372 g/mol. The number of aromatic nitrogens is 3. The van der Waals surface area contributed by atoms with Crippen LogP contribution in [0.5, 0.6) is 0 Å². The van der Waals surface area contributed by atoms with Crippen LogP contribution in [0.15, 0.2) is 52.1 Å². The van der Waals surface area contributed by atoms with Gasteiger partial charge in [0.25, 0.3) is 0 Å². The smallest absolute Gasteiger partial charge is 0.357 e. The van der Waals surface area contributed by atoms with Crippen LogP contribution >= 0.6 is 0 Å². The average molecular weight is 392 g/mol. The Bertz CT molecular complexity index is 1350. The first-order valence-electron chi connectivity index (χ1n) is 9.35. The third-order valence-electron chi connectivity index (χ3n) is 4.75. The van der Waals surface area contributed by atoms with E-state index in [2.05, 4.69) is 15.3 Å². The number of para-hydroxylation sites is 1. The summed E-state index contributed by atoms with van der Waals surface area (Å²) in [6, 6.07) is 12.2. The number of fused-ring (bicyclic) bond motifs is 2. The lowest BCUT2D eigenvalue weighted by Crippen LogP contribution is -2.18. The molecule has 0 bridgehead atoms. The first-order chi connectivity index (χ1) is 14.0. The zero-order chi connectivity index (χ0) is 20.5. The number of rotatable bonds is 5. The molecule has 2 aromatic carbocycles. The third kappa shape index (κ3) is 3.18. The predicted molar refractivity (Wildman–Crippen MR) is 112 cm³/mol. The molecule has 0 aliphatic carbocycles. The van der Waals surface area contributed by atoms with Crippen molar-refractivity contribution < 1.29 is 9.53 Å². The molecule has 29 heavy (non-hydrogen) atoms. The molecule has 0 unspecified atom stereocenters. The van der Waals surface area contributed by atoms with Gasteiger partial charge in [0.15, 0.2) is 5.69 Å². The van der Waals surface area contributed by atoms with E-state index in [9.17, 15) is 14.4 Å². The number of aromatic amines is 2. The predicted octanol–water partition coefficient (Wildman–Crippen LogP) is 3.11. The Labute approximate surface area is 165 Å². The molecule has 4 aromatic rings. The van der Waals surface area contributed by atoms with Gasteiger partial charge in [0, 0.05) is 17.6 Å². The molecule has 0 atom stereocenters. The summed E-state index contributed by atoms with van der Waals surface area (Å²) in [5, 5.41) is 3.49. The lowest BCUT2D eigenvalue weighted by atomic mass is 10.1. The Kier molecular flexibility index (Phi) is 4.67. The van der Waals surface area contributed by atoms with E-state index in [0.29, 0.717) is 28.7 Å². The summed E-state index contributed by atoms with van der Waals surface area (Å²) in [5.74, 6) is -0.621. The molecule has 148 valence electrons. The van der Waals surface area contributed by atoms with E-state index < -0.39 is 5.97 Å². The van der Waals surface area contributed by atoms with Gasteiger partial charge in [0.1, 0.15) is 5.69 Å². The molecular formula is C21H20N4O4. The lowest BCUT2D eigenvalue weighted by Gasteiger charge is -2.13. The number of pyridine rings is 1. The highest BCUT2D eigenvalue weighted by molar-refractivity contribution is 5.99. The number of imidazole rings is 1. The van der Waals surface area contributed by atoms with E-state index in [-0.39, 0.29) is 29.1 Å². The Hall–Kier alpha value is -3.81. The number of esters is 1. The number of aryl methyl sites for hydroxylation is 1. The van der Waals surface area contributed by atoms with Crippen LogP contribution in [0.2, 0.25) is 0 Å². The highest BCUT2D eigenvalue weighted by atomic mass is 16.5. The van der Waals surface area contributed by atoms with Gasteiger partial charge in [0.05, 0.1) is 23.2 Å². The van der Waals surface area contributed by atoms with Crippen LogP contribution in [0.4, 0.5) is 11.4 Å². The third-order valence-corrected chi connectivity index (χ3v) is 4.75. The van der Waals surface area contributed by atoms with Crippen molar-refractivity contribution >= 4 is 39.3 Å². The molecule has 8 heteroatoms. The SMILES string of the molecule is CCOC(=O)c1[nH]c2ccccc2c(=O)c1Nc1ccc2c(c1)[nH]c(=O)n2CC. The fourth-order valence-electron chi connectivity index (χ4n) is 3.41. The number of nitrogens with one attached hydrogen (secondary N) is 3. The van der Waals surface area contributed by atoms with Gasteiger partial charge in [-0.15, -0.1) is 0 Å². The molecule has 0 saturated heterocycles. The molecule has 0 aliphatic rings. The van der Waals surface area contributed by atoms with E-state index >= 15 is 0 Å². The van der Waals surface area contributed by atoms with Crippen LogP contribution in [-0.2, 0) is 11.3 Å². The first-order valence-corrected chi connectivity index (χ1v) is 9.35. The average Bonchev–Trinajstić information content (AvgIpc) is 3.04. The minimum Gasteiger partial charge on any atom is -0.461 e. The van der Waals surface area contributed by atoms with Crippen LogP contribution in [0.25, 0.3) is 21.9 Å². The minimum absolute atomic E-state index is 0.0512. The number of H-pyrrole nitrogens is 2. The number of nitrogens with zero attached hydrogens (tertiary/aromatic N) is 1. The van der Waals surface area contributed by atoms with Crippen LogP contribution in [0, 0.1) is 0 Å². The molecule has 3 N–H and O–H groups in total. The number of carbonyl (C=O) groups is 1. The van der Waals surface area contributed by atoms with Crippen LogP contribution < -0.4 is 16.4 Å². The Balaban J connectivity index is 1.86. The van der Waals surface area contributed by atoms with Crippen molar-refractivity contribution in [3.63, 3.8) is 0 Å². The molecule has 0 amide bonds. The Morgan fingerprint density at radius 1 is 1.07 bits per heavy atom. The number of ether oxygens (including phenoxy) is 1. The van der Waals surface area contributed by atoms with Gasteiger partial charge in [-0.1, -0.05) is 12.1 Å². The summed E-state index contributed by atoms with van der Waals surface area (Å²) in [7, 11) is 0. The number of anilines is 2. The highest BCUT2D eigenvalue weighted by Crippen LogP contribution is 2.23. The molecule has 0 spiro atoms. The van der Waals surface area contributed by atoms with Gasteiger partial charge in [-0.05, 0) is 44.2 Å². The number of hydrogen-bond acceptors (Lipinski definition) is 5. The minimum atomic E-state index is -0.621. The van der Waals surface area contributed by atoms with E-state index in [1.54, 1.807) is 54.0 Å². The number of hydrogen-bond donors (Lipinski definition) is 3. The van der Waals surface area contributed by atoms with Gasteiger partial charge in [0.2, 0.25) is 5.43 Å². The van der Waals surface area contributed by atoms with Crippen LogP contribution in [-0.4, -0.2) is 27.1 Å². The van der Waals surface area contributed by atoms with Crippen molar-refractivity contribution in [1.82, 2.24) is 14.5 Å². The molecule has 0 aliphatic heterocycles. The van der Waals surface area contributed by atoms with Crippen molar-refractivity contribution in [3.8, 4) is 0 Å². The fourth-order valence-corrected chi connectivity index (χ4v) is 3.41. The van der Waals surface area contributed by atoms with Crippen LogP contribution in [0.3, 0.4) is 0 Å². The second-order valence-corrected chi connectivity index (χ2v) is 6.50. The topological polar surface area (TPSA) is 109 Å². The van der Waals surface area contributed by atoms with Crippen molar-refractivity contribution in [1.29, 1.82) is 0 Å². The molecule has 8 nitrogen and oxygen atoms in total. The molecule has 0 fully saturated rings. The molecule has 0 radical (unpaired) electrons. The maximum Gasteiger partial charge on any atom is 0.357 e. The second kappa shape index (κ2) is 7.31. The van der Waals surface area contributed by atoms with Gasteiger partial charge in [-0.2, -0.15) is 0 Å². The largest absolute Gasteiger partial charge is 0.461 e. The highest BCUT2D eigenvalue weighted by Gasteiger charge is 2.19. The van der Waals surface area contributed by atoms with E-state index in [0.717, 1.165) is 5.52 Å². The van der Waals surface area contributed by atoms with Gasteiger partial charge in [-0.25, -0.2) is 9.59 Å². The number of carbonyl (C=O) groups excluding carboxylic acids is 1. The number of benzene rings is 2. The standard InChI is InChI=1S/C21H20N4O4/c1-3-25-16-10-9-12(11-15(16)24-21(25)28)22-17-18(20(27)29-4-2)23-14-8-6-5-7-13(14)19(17)26/h5-11,22H,3-4H2,1-2H3,(H,23,26)(H,24,28). The van der Waals surface area contributed by atoms with Crippen molar-refractivity contribution in [2.24, 2.45) is 0 Å². The summed E-state index contributed by atoms with van der Waals surface area (Å²) < 4.78 is 6.73. The summed E-state index contributed by atoms with van der Waals surface area (Å²) in [5.41, 5.74) is 2.14. The summed E-state index contributed by atoms with van der Waals surface area (Å²) >= 11 is 0. The molecule has 4 rings (SSSR count). The molecule has 0 saturated carbocycles. The van der Waals surface area contributed by atoms with Crippen LogP contribution in [0.1, 0.15) is 24.3 Å². The van der Waals surface area contributed by atoms with Gasteiger partial charge in [-0.3, -0.25) is 9.36 Å². The zero-order valence-corrected chi connectivity index (χ0v) is 16.0. The monoisotopic (exact) mass is 392 g/mol. The summed E-state index contributed by atoms with van der Waals surface area (Å²) in [6.45, 7) is 4.32. The molecule has 2 heterocycles. The van der Waals surface area contributed by atoms with E-state index in [1.807, 2.05) is 6.92 Å². The van der Waals surface area contributed by atoms with E-state index in [1.165, 1.54) is 0 Å². The fraction of sp³-hybridized carbons (Fsp3) is 0.190. The lowest BCUT2D eigenvalue weighted by molar-refractivity contribution is 0.0521. The summed E-state index contributed by atoms with van der Waals surface area (Å²) in [4.78, 5) is 43.4. The zero-order valence-electron chi connectivity index (χ0n) is 16.0. The first kappa shape index (κ1) is 18.5. The van der Waals surface area contributed by atoms with Gasteiger partial charge < -0.3 is 20.0 Å². The maximum atomic E-state index is 13.1. The Morgan fingerprint density at radius 2 is 1.86 bits per heavy atom. The summed E-state index contributed by atoms with van der Waals surface area (Å²) in [6.07, 6.45) is 0. The van der Waals surface area contributed by atoms with Crippen molar-refractivity contribution in [2.75, 3.05) is 11.9 Å². The quantitative estimate of drug-likeness (QED) is 0.452. The Morgan fingerprint density at radius 3 is 2.62 bits per heavy atom. The van der Waals surface area contributed by atoms with Crippen molar-refractivity contribution in [2.45, 2.75) is 20.4 Å². The second-order valence-electron chi connectivity index (χ2n) is 6.50. The molecule has 2 aromatic heterocycles. The normalized spacial score (nSPS) is 11.1.